The van der Waals surface area contributed by atoms with Crippen LogP contribution >= 0.6 is 11.8 Å². The van der Waals surface area contributed by atoms with Gasteiger partial charge in [-0.25, -0.2) is 19.9 Å². The summed E-state index contributed by atoms with van der Waals surface area (Å²) < 4.78 is 83.2. The number of aryl methyl sites for hydroxylation is 1. The molecule has 0 aliphatic carbocycles. The summed E-state index contributed by atoms with van der Waals surface area (Å²) in [6.45, 7) is 1.61. The van der Waals surface area contributed by atoms with Crippen LogP contribution in [0.3, 0.4) is 0 Å². The van der Waals surface area contributed by atoms with Crippen LogP contribution in [0.2, 0.25) is 0 Å². The Bertz CT molecular complexity index is 1760. The molecule has 1 fully saturated rings. The maximum atomic E-state index is 13.6. The molecule has 0 bridgehead atoms. The number of nitrogens with one attached hydrogen (secondary N) is 1. The van der Waals surface area contributed by atoms with E-state index in [0.29, 0.717) is 29.1 Å². The first kappa shape index (κ1) is 32.5. The molecule has 4 aromatic rings. The van der Waals surface area contributed by atoms with Crippen LogP contribution in [0.25, 0.3) is 17.1 Å². The fourth-order valence-corrected chi connectivity index (χ4v) is 5.14. The Morgan fingerprint density at radius 3 is 2.41 bits per heavy atom. The van der Waals surface area contributed by atoms with Crippen LogP contribution in [0.15, 0.2) is 78.0 Å². The smallest absolute Gasteiger partial charge is 0.406 e. The number of benzene rings is 3. The standard InChI is InChI=1S/C29H22F6N6O4S/c1-17-2-11-22(28(30,31)32)23(14-17)41-24(42)15-46-27(41)37-26(43)39-44-13-12-18-3-5-19(6-4-18)25-36-16-40(38-25)20-7-9-21(10-8-20)45-29(33,34)35/h2-11,14,16H,12-13,15H2,1H3,(H,39,43)/b37-27-. The monoisotopic (exact) mass is 664 g/mol. The first-order valence-electron chi connectivity index (χ1n) is 13.3. The molecule has 46 heavy (non-hydrogen) atoms. The van der Waals surface area contributed by atoms with Gasteiger partial charge in [-0.15, -0.1) is 18.3 Å². The van der Waals surface area contributed by atoms with E-state index >= 15 is 0 Å². The first-order valence-corrected chi connectivity index (χ1v) is 14.3. The second kappa shape index (κ2) is 13.2. The van der Waals surface area contributed by atoms with E-state index in [2.05, 4.69) is 25.3 Å². The molecule has 0 spiro atoms. The molecule has 1 N–H and O–H groups in total. The minimum Gasteiger partial charge on any atom is -0.406 e. The number of urea groups is 1. The summed E-state index contributed by atoms with van der Waals surface area (Å²) in [6.07, 6.45) is -7.74. The zero-order valence-electron chi connectivity index (χ0n) is 23.6. The van der Waals surface area contributed by atoms with Crippen molar-refractivity contribution in [3.63, 3.8) is 0 Å². The number of carbonyl (C=O) groups excluding carboxylic acids is 2. The van der Waals surface area contributed by atoms with E-state index in [0.717, 1.165) is 40.4 Å². The van der Waals surface area contributed by atoms with Gasteiger partial charge in [-0.3, -0.25) is 14.5 Å². The lowest BCUT2D eigenvalue weighted by Crippen LogP contribution is -2.33. The average Bonchev–Trinajstić information content (AvgIpc) is 3.61. The number of nitrogens with zero attached hydrogens (tertiary/aromatic N) is 5. The number of aromatic nitrogens is 3. The van der Waals surface area contributed by atoms with Gasteiger partial charge in [-0.2, -0.15) is 18.2 Å². The minimum absolute atomic E-state index is 0.0305. The number of hydrogen-bond donors (Lipinski definition) is 1. The number of carbonyl (C=O) groups is 2. The summed E-state index contributed by atoms with van der Waals surface area (Å²) in [5, 5.41) is 4.14. The average molecular weight is 665 g/mol. The Kier molecular flexibility index (Phi) is 9.34. The van der Waals surface area contributed by atoms with Crippen molar-refractivity contribution in [3.05, 3.63) is 89.7 Å². The van der Waals surface area contributed by atoms with Crippen LogP contribution < -0.4 is 15.1 Å². The lowest BCUT2D eigenvalue weighted by molar-refractivity contribution is -0.274. The van der Waals surface area contributed by atoms with Crippen LogP contribution in [0.4, 0.5) is 36.8 Å². The molecule has 1 aromatic heterocycles. The lowest BCUT2D eigenvalue weighted by atomic mass is 10.1. The molecule has 3 amide bonds. The van der Waals surface area contributed by atoms with Crippen LogP contribution in [0.1, 0.15) is 16.7 Å². The van der Waals surface area contributed by atoms with Gasteiger partial charge >= 0.3 is 18.6 Å². The molecule has 0 radical (unpaired) electrons. The van der Waals surface area contributed by atoms with Gasteiger partial charge in [0.1, 0.15) is 12.1 Å². The largest absolute Gasteiger partial charge is 0.573 e. The summed E-state index contributed by atoms with van der Waals surface area (Å²) in [7, 11) is 0. The third kappa shape index (κ3) is 8.02. The maximum Gasteiger partial charge on any atom is 0.573 e. The van der Waals surface area contributed by atoms with Gasteiger partial charge in [0, 0.05) is 5.56 Å². The third-order valence-electron chi connectivity index (χ3n) is 6.35. The van der Waals surface area contributed by atoms with Crippen molar-refractivity contribution in [2.24, 2.45) is 4.99 Å². The van der Waals surface area contributed by atoms with Gasteiger partial charge in [-0.1, -0.05) is 42.1 Å². The molecule has 1 aliphatic heterocycles. The number of alkyl halides is 6. The zero-order chi connectivity index (χ0) is 33.1. The summed E-state index contributed by atoms with van der Waals surface area (Å²) >= 11 is 0.833. The predicted molar refractivity (Wildman–Crippen MR) is 155 cm³/mol. The van der Waals surface area contributed by atoms with Crippen molar-refractivity contribution in [2.75, 3.05) is 17.3 Å². The van der Waals surface area contributed by atoms with E-state index in [-0.39, 0.29) is 23.3 Å². The number of amides is 3. The van der Waals surface area contributed by atoms with E-state index in [1.54, 1.807) is 31.2 Å². The summed E-state index contributed by atoms with van der Waals surface area (Å²) in [5.74, 6) is -0.818. The number of anilines is 1. The Morgan fingerprint density at radius 2 is 1.74 bits per heavy atom. The summed E-state index contributed by atoms with van der Waals surface area (Å²) in [5.41, 5.74) is 3.13. The Hall–Kier alpha value is -4.90. The number of hydroxylamine groups is 1. The van der Waals surface area contributed by atoms with Crippen molar-refractivity contribution < 1.29 is 45.5 Å². The first-order chi connectivity index (χ1) is 21.8. The number of halogens is 6. The number of thioether (sulfide) groups is 1. The van der Waals surface area contributed by atoms with Gasteiger partial charge in [-0.05, 0) is 60.9 Å². The summed E-state index contributed by atoms with van der Waals surface area (Å²) in [4.78, 5) is 38.7. The SMILES string of the molecule is Cc1ccc(C(F)(F)F)c(N2C(=O)CS/C2=N\C(=O)NOCCc2ccc(-c3ncn(-c4ccc(OC(F)(F)F)cc4)n3)cc2)c1. The predicted octanol–water partition coefficient (Wildman–Crippen LogP) is 6.48. The molecule has 1 saturated heterocycles. The molecule has 17 heteroatoms. The van der Waals surface area contributed by atoms with E-state index in [1.165, 1.54) is 35.3 Å². The molecule has 2 heterocycles. The van der Waals surface area contributed by atoms with Gasteiger partial charge in [0.25, 0.3) is 0 Å². The van der Waals surface area contributed by atoms with Gasteiger partial charge < -0.3 is 4.74 Å². The highest BCUT2D eigenvalue weighted by molar-refractivity contribution is 8.15. The van der Waals surface area contributed by atoms with Crippen LogP contribution in [-0.4, -0.2) is 50.6 Å². The topological polar surface area (TPSA) is 111 Å². The number of aliphatic imine (C=N–C) groups is 1. The van der Waals surface area contributed by atoms with Crippen molar-refractivity contribution in [1.29, 1.82) is 0 Å². The quantitative estimate of drug-likeness (QED) is 0.130. The van der Waals surface area contributed by atoms with Gasteiger partial charge in [0.2, 0.25) is 5.91 Å². The molecule has 10 nitrogen and oxygen atoms in total. The fraction of sp³-hybridized carbons (Fsp3) is 0.207. The van der Waals surface area contributed by atoms with Crippen LogP contribution in [0.5, 0.6) is 5.75 Å². The number of rotatable bonds is 8. The maximum absolute atomic E-state index is 13.6. The highest BCUT2D eigenvalue weighted by Gasteiger charge is 2.40. The zero-order valence-corrected chi connectivity index (χ0v) is 24.4. The van der Waals surface area contributed by atoms with E-state index < -0.39 is 35.7 Å². The van der Waals surface area contributed by atoms with Crippen LogP contribution in [-0.2, 0) is 22.2 Å². The molecule has 0 atom stereocenters. The lowest BCUT2D eigenvalue weighted by Gasteiger charge is -2.21. The molecule has 0 unspecified atom stereocenters. The van der Waals surface area contributed by atoms with Crippen LogP contribution in [0, 0.1) is 6.92 Å². The Balaban J connectivity index is 1.14. The number of hydrogen-bond acceptors (Lipinski definition) is 7. The molecule has 0 saturated carbocycles. The molecular weight excluding hydrogens is 642 g/mol. The van der Waals surface area contributed by atoms with Crippen molar-refractivity contribution in [1.82, 2.24) is 20.2 Å². The molecular formula is C29H22F6N6O4S. The van der Waals surface area contributed by atoms with E-state index in [9.17, 15) is 35.9 Å². The van der Waals surface area contributed by atoms with Crippen molar-refractivity contribution >= 4 is 34.6 Å². The molecule has 5 rings (SSSR count). The molecule has 240 valence electrons. The minimum atomic E-state index is -4.79. The third-order valence-corrected chi connectivity index (χ3v) is 7.28. The fourth-order valence-electron chi connectivity index (χ4n) is 4.28. The normalized spacial score (nSPS) is 14.6. The number of ether oxygens (including phenoxy) is 1. The number of amidine groups is 1. The van der Waals surface area contributed by atoms with Crippen molar-refractivity contribution in [2.45, 2.75) is 25.9 Å². The van der Waals surface area contributed by atoms with Gasteiger partial charge in [0.15, 0.2) is 11.0 Å². The second-order valence-corrected chi connectivity index (χ2v) is 10.6. The highest BCUT2D eigenvalue weighted by atomic mass is 32.2. The Labute approximate surface area is 261 Å². The highest BCUT2D eigenvalue weighted by Crippen LogP contribution is 2.39. The van der Waals surface area contributed by atoms with Crippen molar-refractivity contribution in [3.8, 4) is 22.8 Å². The van der Waals surface area contributed by atoms with E-state index in [4.69, 9.17) is 4.84 Å². The van der Waals surface area contributed by atoms with E-state index in [1.807, 2.05) is 0 Å². The Morgan fingerprint density at radius 1 is 1.02 bits per heavy atom. The molecule has 3 aromatic carbocycles. The van der Waals surface area contributed by atoms with Gasteiger partial charge in [0.05, 0.1) is 29.3 Å². The second-order valence-electron chi connectivity index (χ2n) is 9.69. The molecule has 1 aliphatic rings. The summed E-state index contributed by atoms with van der Waals surface area (Å²) in [6, 6.07) is 14.6.